The fraction of sp³-hybridized carbons (Fsp3) is 0.917. The quantitative estimate of drug-likeness (QED) is 0.478. The smallest absolute Gasteiger partial charge is 0.303 e. The summed E-state index contributed by atoms with van der Waals surface area (Å²) in [5.41, 5.74) is 0. The molecule has 0 aromatic rings. The first-order valence-corrected chi connectivity index (χ1v) is 5.99. The molecule has 2 nitrogen and oxygen atoms in total. The number of unbranched alkanes of at least 4 members (excludes halogenated alkanes) is 8. The second-order valence-corrected chi connectivity index (χ2v) is 3.97. The normalized spacial score (nSPS) is 9.67. The summed E-state index contributed by atoms with van der Waals surface area (Å²) in [6.45, 7) is 2.23. The summed E-state index contributed by atoms with van der Waals surface area (Å²) in [5, 5.41) is 8.41. The topological polar surface area (TPSA) is 37.3 Å². The van der Waals surface area contributed by atoms with E-state index in [2.05, 4.69) is 6.92 Å². The Hall–Kier alpha value is -0.0105. The van der Waals surface area contributed by atoms with Gasteiger partial charge in [-0.1, -0.05) is 58.3 Å². The van der Waals surface area contributed by atoms with Crippen LogP contribution in [-0.2, 0) is 21.9 Å². The van der Waals surface area contributed by atoms with Gasteiger partial charge in [0.15, 0.2) is 0 Å². The van der Waals surface area contributed by atoms with Crippen molar-refractivity contribution in [1.82, 2.24) is 0 Å². The average Bonchev–Trinajstić information content (AvgIpc) is 2.15. The van der Waals surface area contributed by atoms with Crippen LogP contribution >= 0.6 is 0 Å². The van der Waals surface area contributed by atoms with Crippen LogP contribution < -0.4 is 0 Å². The number of aliphatic carboxylic acids is 1. The number of carboxylic acids is 1. The summed E-state index contributed by atoms with van der Waals surface area (Å²) in [5.74, 6) is -0.659. The van der Waals surface area contributed by atoms with E-state index in [1.54, 1.807) is 0 Å². The van der Waals surface area contributed by atoms with Crippen molar-refractivity contribution >= 4 is 5.97 Å². The molecule has 0 saturated carbocycles. The van der Waals surface area contributed by atoms with Crippen LogP contribution in [0, 0.1) is 0 Å². The van der Waals surface area contributed by atoms with Gasteiger partial charge in [-0.05, 0) is 6.42 Å². The van der Waals surface area contributed by atoms with Gasteiger partial charge in [0.1, 0.15) is 0 Å². The van der Waals surface area contributed by atoms with Gasteiger partial charge in [0.25, 0.3) is 0 Å². The maximum atomic E-state index is 10.2. The summed E-state index contributed by atoms with van der Waals surface area (Å²) in [7, 11) is 0. The summed E-state index contributed by atoms with van der Waals surface area (Å²) in [6, 6.07) is 0. The third kappa shape index (κ3) is 16.7. The molecule has 0 unspecified atom stereocenters. The van der Waals surface area contributed by atoms with Crippen LogP contribution in [0.5, 0.6) is 0 Å². The minimum Gasteiger partial charge on any atom is -0.481 e. The molecular weight excluding hydrogens is 240 g/mol. The fourth-order valence-corrected chi connectivity index (χ4v) is 1.59. The first-order chi connectivity index (χ1) is 6.77. The summed E-state index contributed by atoms with van der Waals surface area (Å²) in [4.78, 5) is 10.2. The number of carboxylic acid groups (broad SMARTS) is 1. The van der Waals surface area contributed by atoms with Gasteiger partial charge in [0.2, 0.25) is 0 Å². The van der Waals surface area contributed by atoms with E-state index in [0.717, 1.165) is 12.8 Å². The summed E-state index contributed by atoms with van der Waals surface area (Å²) >= 11 is 0. The van der Waals surface area contributed by atoms with E-state index in [4.69, 9.17) is 5.11 Å². The van der Waals surface area contributed by atoms with Crippen LogP contribution in [0.4, 0.5) is 0 Å². The Bertz CT molecular complexity index is 138. The SMILES string of the molecule is CCCCCCCCCCCC(=O)O.[Cu]. The molecule has 0 aliphatic rings. The van der Waals surface area contributed by atoms with Crippen LogP contribution in [-0.4, -0.2) is 11.1 Å². The molecule has 0 atom stereocenters. The van der Waals surface area contributed by atoms with E-state index in [0.29, 0.717) is 6.42 Å². The minimum atomic E-state index is -0.659. The van der Waals surface area contributed by atoms with Crippen molar-refractivity contribution in [3.8, 4) is 0 Å². The van der Waals surface area contributed by atoms with Crippen molar-refractivity contribution in [3.05, 3.63) is 0 Å². The average molecular weight is 264 g/mol. The molecule has 0 fully saturated rings. The van der Waals surface area contributed by atoms with Crippen LogP contribution in [0.1, 0.15) is 71.1 Å². The molecule has 1 radical (unpaired) electrons. The van der Waals surface area contributed by atoms with E-state index < -0.39 is 5.97 Å². The van der Waals surface area contributed by atoms with Gasteiger partial charge in [-0.3, -0.25) is 4.79 Å². The monoisotopic (exact) mass is 263 g/mol. The standard InChI is InChI=1S/C12H24O2.Cu/c1-2-3-4-5-6-7-8-9-10-11-12(13)14;/h2-11H2,1H3,(H,13,14);. The Balaban J connectivity index is 0. The number of hydrogen-bond donors (Lipinski definition) is 1. The van der Waals surface area contributed by atoms with Crippen molar-refractivity contribution < 1.29 is 27.0 Å². The van der Waals surface area contributed by atoms with Crippen LogP contribution in [0.2, 0.25) is 0 Å². The Morgan fingerprint density at radius 1 is 0.867 bits per heavy atom. The van der Waals surface area contributed by atoms with E-state index in [1.807, 2.05) is 0 Å². The largest absolute Gasteiger partial charge is 0.481 e. The van der Waals surface area contributed by atoms with Crippen molar-refractivity contribution in [1.29, 1.82) is 0 Å². The molecule has 3 heteroatoms. The van der Waals surface area contributed by atoms with Gasteiger partial charge in [0.05, 0.1) is 0 Å². The molecule has 0 aliphatic heterocycles. The molecule has 95 valence electrons. The van der Waals surface area contributed by atoms with Crippen LogP contribution in [0.15, 0.2) is 0 Å². The second-order valence-electron chi connectivity index (χ2n) is 3.97. The van der Waals surface area contributed by atoms with Gasteiger partial charge < -0.3 is 5.11 Å². The molecule has 0 spiro atoms. The van der Waals surface area contributed by atoms with Crippen molar-refractivity contribution in [2.45, 2.75) is 71.1 Å². The number of carbonyl (C=O) groups is 1. The van der Waals surface area contributed by atoms with Gasteiger partial charge >= 0.3 is 5.97 Å². The Labute approximate surface area is 104 Å². The summed E-state index contributed by atoms with van der Waals surface area (Å²) < 4.78 is 0. The first-order valence-electron chi connectivity index (χ1n) is 5.99. The first kappa shape index (κ1) is 17.4. The number of hydrogen-bond acceptors (Lipinski definition) is 1. The molecule has 0 saturated heterocycles. The second kappa shape index (κ2) is 14.0. The predicted octanol–water partition coefficient (Wildman–Crippen LogP) is 3.99. The molecule has 0 bridgehead atoms. The minimum absolute atomic E-state index is 0. The Morgan fingerprint density at radius 3 is 1.67 bits per heavy atom. The molecule has 0 rings (SSSR count). The molecule has 15 heavy (non-hydrogen) atoms. The molecule has 0 aliphatic carbocycles. The number of rotatable bonds is 10. The Morgan fingerprint density at radius 2 is 1.27 bits per heavy atom. The maximum absolute atomic E-state index is 10.2. The zero-order valence-corrected chi connectivity index (χ0v) is 10.7. The third-order valence-electron chi connectivity index (χ3n) is 2.49. The van der Waals surface area contributed by atoms with Crippen LogP contribution in [0.3, 0.4) is 0 Å². The fourth-order valence-electron chi connectivity index (χ4n) is 1.59. The maximum Gasteiger partial charge on any atom is 0.303 e. The van der Waals surface area contributed by atoms with Gasteiger partial charge in [-0.2, -0.15) is 0 Å². The van der Waals surface area contributed by atoms with Gasteiger partial charge in [-0.25, -0.2) is 0 Å². The predicted molar refractivity (Wildman–Crippen MR) is 59.5 cm³/mol. The van der Waals surface area contributed by atoms with Gasteiger partial charge in [0, 0.05) is 23.5 Å². The molecular formula is C12H24CuO2. The molecule has 0 heterocycles. The molecule has 1 N–H and O–H groups in total. The zero-order chi connectivity index (χ0) is 10.6. The summed E-state index contributed by atoms with van der Waals surface area (Å²) in [6.07, 6.45) is 11.5. The molecule has 0 aromatic carbocycles. The van der Waals surface area contributed by atoms with Crippen molar-refractivity contribution in [3.63, 3.8) is 0 Å². The third-order valence-corrected chi connectivity index (χ3v) is 2.49. The van der Waals surface area contributed by atoms with Crippen molar-refractivity contribution in [2.24, 2.45) is 0 Å². The Kier molecular flexibility index (Phi) is 16.2. The molecule has 0 amide bonds. The molecule has 0 aromatic heterocycles. The zero-order valence-electron chi connectivity index (χ0n) is 9.73. The van der Waals surface area contributed by atoms with E-state index in [9.17, 15) is 4.79 Å². The van der Waals surface area contributed by atoms with Crippen LogP contribution in [0.25, 0.3) is 0 Å². The van der Waals surface area contributed by atoms with Gasteiger partial charge in [-0.15, -0.1) is 0 Å². The van der Waals surface area contributed by atoms with E-state index >= 15 is 0 Å². The van der Waals surface area contributed by atoms with Crippen molar-refractivity contribution in [2.75, 3.05) is 0 Å². The van der Waals surface area contributed by atoms with E-state index in [1.165, 1.54) is 44.9 Å². The van der Waals surface area contributed by atoms with E-state index in [-0.39, 0.29) is 17.1 Å².